The molecule has 0 bridgehead atoms. The Morgan fingerprint density at radius 1 is 1.10 bits per heavy atom. The molecule has 1 amide bonds. The monoisotopic (exact) mass is 411 g/mol. The Balaban J connectivity index is 1.85. The van der Waals surface area contributed by atoms with Gasteiger partial charge in [0, 0.05) is 24.5 Å². The van der Waals surface area contributed by atoms with Crippen molar-refractivity contribution in [2.24, 2.45) is 0 Å². The van der Waals surface area contributed by atoms with Crippen LogP contribution in [0.25, 0.3) is 5.78 Å². The van der Waals surface area contributed by atoms with Gasteiger partial charge in [0.25, 0.3) is 11.7 Å². The number of hydrogen-bond acceptors (Lipinski definition) is 6. The molecule has 0 saturated carbocycles. The molecule has 160 valence electrons. The molecule has 3 aromatic rings. The summed E-state index contributed by atoms with van der Waals surface area (Å²) in [6.45, 7) is 9.56. The highest BCUT2D eigenvalue weighted by atomic mass is 16.5. The zero-order valence-electron chi connectivity index (χ0n) is 18.3. The molecule has 0 radical (unpaired) electrons. The fourth-order valence-electron chi connectivity index (χ4n) is 3.28. The van der Waals surface area contributed by atoms with E-state index in [0.717, 1.165) is 29.8 Å². The molecular weight excluding hydrogens is 382 g/mol. The molecular formula is C22H29N5O3. The summed E-state index contributed by atoms with van der Waals surface area (Å²) in [6.07, 6.45) is 1.74. The fourth-order valence-corrected chi connectivity index (χ4v) is 3.28. The second-order valence-electron chi connectivity index (χ2n) is 7.25. The van der Waals surface area contributed by atoms with Gasteiger partial charge in [-0.25, -0.2) is 9.50 Å². The minimum absolute atomic E-state index is 0.152. The van der Waals surface area contributed by atoms with Gasteiger partial charge in [-0.2, -0.15) is 4.98 Å². The predicted octanol–water partition coefficient (Wildman–Crippen LogP) is 3.59. The van der Waals surface area contributed by atoms with Gasteiger partial charge in [0.05, 0.1) is 13.7 Å². The van der Waals surface area contributed by atoms with E-state index in [2.05, 4.69) is 22.0 Å². The number of nitrogens with zero attached hydrogens (tertiary/aromatic N) is 5. The van der Waals surface area contributed by atoms with Crippen LogP contribution in [0.2, 0.25) is 0 Å². The van der Waals surface area contributed by atoms with Crippen LogP contribution >= 0.6 is 0 Å². The molecule has 0 aliphatic carbocycles. The maximum atomic E-state index is 13.2. The molecule has 1 aromatic carbocycles. The molecule has 0 unspecified atom stereocenters. The second-order valence-corrected chi connectivity index (χ2v) is 7.25. The van der Waals surface area contributed by atoms with Crippen LogP contribution in [0.3, 0.4) is 0 Å². The molecule has 2 heterocycles. The third kappa shape index (κ3) is 4.69. The highest BCUT2D eigenvalue weighted by Gasteiger charge is 2.22. The van der Waals surface area contributed by atoms with Gasteiger partial charge in [0.1, 0.15) is 0 Å². The average molecular weight is 412 g/mol. The third-order valence-corrected chi connectivity index (χ3v) is 4.65. The van der Waals surface area contributed by atoms with E-state index in [4.69, 9.17) is 9.47 Å². The number of rotatable bonds is 9. The number of amides is 1. The molecule has 0 atom stereocenters. The number of benzene rings is 1. The molecule has 0 aliphatic heterocycles. The molecule has 30 heavy (non-hydrogen) atoms. The van der Waals surface area contributed by atoms with Crippen LogP contribution in [-0.4, -0.2) is 50.7 Å². The predicted molar refractivity (Wildman–Crippen MR) is 114 cm³/mol. The van der Waals surface area contributed by atoms with Gasteiger partial charge in [0.15, 0.2) is 11.5 Å². The van der Waals surface area contributed by atoms with Crippen LogP contribution in [0.15, 0.2) is 24.3 Å². The van der Waals surface area contributed by atoms with Crippen LogP contribution in [0.4, 0.5) is 0 Å². The van der Waals surface area contributed by atoms with Gasteiger partial charge in [-0.1, -0.05) is 19.9 Å². The summed E-state index contributed by atoms with van der Waals surface area (Å²) < 4.78 is 12.8. The highest BCUT2D eigenvalue weighted by Crippen LogP contribution is 2.29. The largest absolute Gasteiger partial charge is 0.493 e. The van der Waals surface area contributed by atoms with Crippen molar-refractivity contribution in [1.29, 1.82) is 0 Å². The van der Waals surface area contributed by atoms with E-state index in [1.807, 2.05) is 45.0 Å². The molecule has 0 saturated heterocycles. The average Bonchev–Trinajstić information content (AvgIpc) is 3.16. The smallest absolute Gasteiger partial charge is 0.293 e. The van der Waals surface area contributed by atoms with Crippen molar-refractivity contribution < 1.29 is 14.3 Å². The van der Waals surface area contributed by atoms with Crippen molar-refractivity contribution in [3.8, 4) is 11.5 Å². The Morgan fingerprint density at radius 2 is 1.90 bits per heavy atom. The van der Waals surface area contributed by atoms with Gasteiger partial charge in [0.2, 0.25) is 5.82 Å². The first-order valence-electron chi connectivity index (χ1n) is 10.3. The zero-order chi connectivity index (χ0) is 21.7. The standard InChI is InChI=1S/C22H29N5O3/c1-6-10-26(14-17-8-9-18(30-11-7-2)19(13-17)29-5)21(28)20-24-22-23-15(3)12-16(4)27(22)25-20/h8-9,12-13H,6-7,10-11,14H2,1-5H3. The van der Waals surface area contributed by atoms with Crippen LogP contribution in [-0.2, 0) is 6.54 Å². The van der Waals surface area contributed by atoms with E-state index in [9.17, 15) is 4.79 Å². The summed E-state index contributed by atoms with van der Waals surface area (Å²) in [5, 5.41) is 4.39. The molecule has 8 heteroatoms. The number of carbonyl (C=O) groups is 1. The number of ether oxygens (including phenoxy) is 2. The van der Waals surface area contributed by atoms with Crippen molar-refractivity contribution in [1.82, 2.24) is 24.5 Å². The van der Waals surface area contributed by atoms with Gasteiger partial charge >= 0.3 is 0 Å². The number of aryl methyl sites for hydroxylation is 2. The maximum absolute atomic E-state index is 13.2. The summed E-state index contributed by atoms with van der Waals surface area (Å²) in [5.74, 6) is 1.73. The Bertz CT molecular complexity index is 1030. The summed E-state index contributed by atoms with van der Waals surface area (Å²) >= 11 is 0. The number of aromatic nitrogens is 4. The zero-order valence-corrected chi connectivity index (χ0v) is 18.3. The summed E-state index contributed by atoms with van der Waals surface area (Å²) in [5.41, 5.74) is 2.68. The maximum Gasteiger partial charge on any atom is 0.293 e. The van der Waals surface area contributed by atoms with E-state index in [0.29, 0.717) is 37.0 Å². The number of hydrogen-bond donors (Lipinski definition) is 0. The van der Waals surface area contributed by atoms with Gasteiger partial charge in [-0.05, 0) is 50.5 Å². The normalized spacial score (nSPS) is 11.0. The summed E-state index contributed by atoms with van der Waals surface area (Å²) in [6, 6.07) is 7.66. The number of carbonyl (C=O) groups excluding carboxylic acids is 1. The molecule has 0 aliphatic rings. The third-order valence-electron chi connectivity index (χ3n) is 4.65. The molecule has 0 spiro atoms. The van der Waals surface area contributed by atoms with Gasteiger partial charge in [-0.3, -0.25) is 4.79 Å². The lowest BCUT2D eigenvalue weighted by molar-refractivity contribution is 0.0731. The lowest BCUT2D eigenvalue weighted by Gasteiger charge is -2.21. The number of methoxy groups -OCH3 is 1. The van der Waals surface area contributed by atoms with Crippen molar-refractivity contribution in [3.05, 3.63) is 47.0 Å². The first-order valence-corrected chi connectivity index (χ1v) is 10.3. The van der Waals surface area contributed by atoms with E-state index < -0.39 is 0 Å². The van der Waals surface area contributed by atoms with Crippen molar-refractivity contribution in [3.63, 3.8) is 0 Å². The van der Waals surface area contributed by atoms with Gasteiger partial charge in [-0.15, -0.1) is 5.10 Å². The first kappa shape index (κ1) is 21.5. The fraction of sp³-hybridized carbons (Fsp3) is 0.455. The Labute approximate surface area is 176 Å². The number of fused-ring (bicyclic) bond motifs is 1. The first-order chi connectivity index (χ1) is 14.5. The molecule has 0 N–H and O–H groups in total. The minimum Gasteiger partial charge on any atom is -0.493 e. The Hall–Kier alpha value is -3.16. The van der Waals surface area contributed by atoms with E-state index in [1.54, 1.807) is 16.5 Å². The van der Waals surface area contributed by atoms with Crippen molar-refractivity contribution >= 4 is 11.7 Å². The van der Waals surface area contributed by atoms with Crippen LogP contribution in [0, 0.1) is 13.8 Å². The lowest BCUT2D eigenvalue weighted by Crippen LogP contribution is -2.32. The Morgan fingerprint density at radius 3 is 2.60 bits per heavy atom. The molecule has 8 nitrogen and oxygen atoms in total. The second kappa shape index (κ2) is 9.56. The van der Waals surface area contributed by atoms with Crippen LogP contribution in [0.1, 0.15) is 54.3 Å². The van der Waals surface area contributed by atoms with Crippen LogP contribution in [0.5, 0.6) is 11.5 Å². The molecule has 3 rings (SSSR count). The van der Waals surface area contributed by atoms with Crippen molar-refractivity contribution in [2.45, 2.75) is 47.1 Å². The Kier molecular flexibility index (Phi) is 6.87. The SMILES string of the molecule is CCCOc1ccc(CN(CCC)C(=O)c2nc3nc(C)cc(C)n3n2)cc1OC. The summed E-state index contributed by atoms with van der Waals surface area (Å²) in [7, 11) is 1.62. The van der Waals surface area contributed by atoms with Crippen molar-refractivity contribution in [2.75, 3.05) is 20.3 Å². The van der Waals surface area contributed by atoms with E-state index in [-0.39, 0.29) is 11.7 Å². The minimum atomic E-state index is -0.218. The topological polar surface area (TPSA) is 81.9 Å². The van der Waals surface area contributed by atoms with Gasteiger partial charge < -0.3 is 14.4 Å². The van der Waals surface area contributed by atoms with Crippen LogP contribution < -0.4 is 9.47 Å². The quantitative estimate of drug-likeness (QED) is 0.535. The van der Waals surface area contributed by atoms with E-state index in [1.165, 1.54) is 0 Å². The van der Waals surface area contributed by atoms with E-state index >= 15 is 0 Å². The highest BCUT2D eigenvalue weighted by molar-refractivity contribution is 5.90. The lowest BCUT2D eigenvalue weighted by atomic mass is 10.1. The summed E-state index contributed by atoms with van der Waals surface area (Å²) in [4.78, 5) is 23.7. The molecule has 2 aromatic heterocycles. The molecule has 0 fully saturated rings.